The lowest BCUT2D eigenvalue weighted by Crippen LogP contribution is -2.12. The van der Waals surface area contributed by atoms with Gasteiger partial charge in [0.05, 0.1) is 7.11 Å². The topological polar surface area (TPSA) is 35.2 Å². The van der Waals surface area contributed by atoms with Crippen molar-refractivity contribution in [1.82, 2.24) is 0 Å². The van der Waals surface area contributed by atoms with Crippen LogP contribution >= 0.6 is 0 Å². The molecule has 0 bridgehead atoms. The predicted molar refractivity (Wildman–Crippen MR) is 57.4 cm³/mol. The monoisotopic (exact) mass is 191 g/mol. The fraction of sp³-hybridized carbons (Fsp3) is 0.500. The highest BCUT2D eigenvalue weighted by atomic mass is 16.5. The number of aryl methyl sites for hydroxylation is 1. The minimum absolute atomic E-state index is 0.198. The lowest BCUT2D eigenvalue weighted by atomic mass is 10.0. The van der Waals surface area contributed by atoms with Crippen LogP contribution in [0, 0.1) is 12.8 Å². The maximum absolute atomic E-state index is 6.14. The number of nitrogens with two attached hydrogens (primary N) is 1. The van der Waals surface area contributed by atoms with Gasteiger partial charge in [0.25, 0.3) is 0 Å². The summed E-state index contributed by atoms with van der Waals surface area (Å²) in [5, 5.41) is 0. The van der Waals surface area contributed by atoms with Crippen LogP contribution in [0.5, 0.6) is 5.75 Å². The van der Waals surface area contributed by atoms with Crippen LogP contribution in [0.15, 0.2) is 18.2 Å². The first kappa shape index (κ1) is 9.53. The third-order valence-electron chi connectivity index (χ3n) is 2.82. The molecule has 1 aliphatic rings. The lowest BCUT2D eigenvalue weighted by Gasteiger charge is -2.13. The summed E-state index contributed by atoms with van der Waals surface area (Å²) in [7, 11) is 1.70. The minimum Gasteiger partial charge on any atom is -0.497 e. The largest absolute Gasteiger partial charge is 0.497 e. The van der Waals surface area contributed by atoms with Crippen LogP contribution in [-0.2, 0) is 0 Å². The third-order valence-corrected chi connectivity index (χ3v) is 2.82. The van der Waals surface area contributed by atoms with Crippen molar-refractivity contribution < 1.29 is 4.74 Å². The average molecular weight is 191 g/mol. The van der Waals surface area contributed by atoms with Gasteiger partial charge in [-0.05, 0) is 48.9 Å². The van der Waals surface area contributed by atoms with Crippen molar-refractivity contribution in [2.45, 2.75) is 25.8 Å². The van der Waals surface area contributed by atoms with Crippen molar-refractivity contribution in [2.24, 2.45) is 11.7 Å². The van der Waals surface area contributed by atoms with Crippen molar-refractivity contribution in [3.63, 3.8) is 0 Å². The number of hydrogen-bond acceptors (Lipinski definition) is 2. The normalized spacial score (nSPS) is 17.9. The quantitative estimate of drug-likeness (QED) is 0.796. The summed E-state index contributed by atoms with van der Waals surface area (Å²) in [5.74, 6) is 1.61. The first-order valence-electron chi connectivity index (χ1n) is 5.12. The second-order valence-electron chi connectivity index (χ2n) is 4.15. The van der Waals surface area contributed by atoms with Crippen molar-refractivity contribution in [1.29, 1.82) is 0 Å². The van der Waals surface area contributed by atoms with Crippen LogP contribution < -0.4 is 10.5 Å². The van der Waals surface area contributed by atoms with Gasteiger partial charge in [-0.15, -0.1) is 0 Å². The summed E-state index contributed by atoms with van der Waals surface area (Å²) in [6, 6.07) is 6.44. The minimum atomic E-state index is 0.198. The zero-order valence-electron chi connectivity index (χ0n) is 8.79. The van der Waals surface area contributed by atoms with Gasteiger partial charge in [0.15, 0.2) is 0 Å². The van der Waals surface area contributed by atoms with Crippen molar-refractivity contribution in [3.8, 4) is 5.75 Å². The summed E-state index contributed by atoms with van der Waals surface area (Å²) >= 11 is 0. The van der Waals surface area contributed by atoms with E-state index in [1.165, 1.54) is 24.0 Å². The number of ether oxygens (including phenoxy) is 1. The van der Waals surface area contributed by atoms with Gasteiger partial charge in [-0.25, -0.2) is 0 Å². The highest BCUT2D eigenvalue weighted by Crippen LogP contribution is 2.40. The molecular formula is C12H17NO. The molecule has 0 saturated heterocycles. The first-order chi connectivity index (χ1) is 6.70. The molecule has 14 heavy (non-hydrogen) atoms. The molecule has 2 N–H and O–H groups in total. The Hall–Kier alpha value is -1.02. The van der Waals surface area contributed by atoms with E-state index in [0.29, 0.717) is 5.92 Å². The lowest BCUT2D eigenvalue weighted by molar-refractivity contribution is 0.413. The first-order valence-corrected chi connectivity index (χ1v) is 5.12. The Balaban J connectivity index is 2.27. The van der Waals surface area contributed by atoms with Crippen LogP contribution in [0.2, 0.25) is 0 Å². The Kier molecular flexibility index (Phi) is 2.46. The Morgan fingerprint density at radius 2 is 2.07 bits per heavy atom. The Morgan fingerprint density at radius 3 is 2.64 bits per heavy atom. The van der Waals surface area contributed by atoms with Gasteiger partial charge in [0, 0.05) is 6.04 Å². The van der Waals surface area contributed by atoms with Crippen LogP contribution in [0.25, 0.3) is 0 Å². The van der Waals surface area contributed by atoms with Crippen molar-refractivity contribution in [2.75, 3.05) is 7.11 Å². The van der Waals surface area contributed by atoms with Gasteiger partial charge >= 0.3 is 0 Å². The molecule has 1 fully saturated rings. The Bertz CT molecular complexity index is 331. The molecule has 2 nitrogen and oxygen atoms in total. The predicted octanol–water partition coefficient (Wildman–Crippen LogP) is 2.41. The number of hydrogen-bond donors (Lipinski definition) is 1. The highest BCUT2D eigenvalue weighted by Gasteiger charge is 2.29. The molecule has 1 aliphatic carbocycles. The average Bonchev–Trinajstić information content (AvgIpc) is 2.99. The SMILES string of the molecule is COc1cc(C)cc(C(N)C2CC2)c1. The molecule has 76 valence electrons. The zero-order valence-corrected chi connectivity index (χ0v) is 8.79. The van der Waals surface area contributed by atoms with E-state index in [0.717, 1.165) is 5.75 Å². The standard InChI is InChI=1S/C12H17NO/c1-8-5-10(7-11(6-8)14-2)12(13)9-3-4-9/h5-7,9,12H,3-4,13H2,1-2H3. The van der Waals surface area contributed by atoms with E-state index in [-0.39, 0.29) is 6.04 Å². The fourth-order valence-electron chi connectivity index (χ4n) is 1.81. The van der Waals surface area contributed by atoms with Gasteiger partial charge in [-0.2, -0.15) is 0 Å². The maximum atomic E-state index is 6.14. The Labute approximate surface area is 85.1 Å². The molecule has 1 aromatic rings. The summed E-state index contributed by atoms with van der Waals surface area (Å²) < 4.78 is 5.23. The molecule has 0 aromatic heterocycles. The highest BCUT2D eigenvalue weighted by molar-refractivity contribution is 5.36. The van der Waals surface area contributed by atoms with Gasteiger partial charge < -0.3 is 10.5 Å². The molecule has 0 heterocycles. The summed E-state index contributed by atoms with van der Waals surface area (Å²) in [6.07, 6.45) is 2.55. The molecule has 2 heteroatoms. The molecule has 0 spiro atoms. The molecule has 1 unspecified atom stereocenters. The summed E-state index contributed by atoms with van der Waals surface area (Å²) in [4.78, 5) is 0. The van der Waals surface area contributed by atoms with Crippen LogP contribution in [-0.4, -0.2) is 7.11 Å². The van der Waals surface area contributed by atoms with Crippen LogP contribution in [0.1, 0.15) is 30.0 Å². The molecular weight excluding hydrogens is 174 g/mol. The number of methoxy groups -OCH3 is 1. The van der Waals surface area contributed by atoms with E-state index in [2.05, 4.69) is 19.1 Å². The third kappa shape index (κ3) is 1.90. The van der Waals surface area contributed by atoms with Crippen LogP contribution in [0.3, 0.4) is 0 Å². The van der Waals surface area contributed by atoms with Gasteiger partial charge in [-0.1, -0.05) is 6.07 Å². The van der Waals surface area contributed by atoms with E-state index < -0.39 is 0 Å². The van der Waals surface area contributed by atoms with Crippen LogP contribution in [0.4, 0.5) is 0 Å². The summed E-state index contributed by atoms with van der Waals surface area (Å²) in [6.45, 7) is 2.08. The number of rotatable bonds is 3. The fourth-order valence-corrected chi connectivity index (χ4v) is 1.81. The second-order valence-corrected chi connectivity index (χ2v) is 4.15. The van der Waals surface area contributed by atoms with E-state index >= 15 is 0 Å². The molecule has 0 amide bonds. The Morgan fingerprint density at radius 1 is 1.36 bits per heavy atom. The molecule has 2 rings (SSSR count). The summed E-state index contributed by atoms with van der Waals surface area (Å²) in [5.41, 5.74) is 8.57. The molecule has 1 saturated carbocycles. The second kappa shape index (κ2) is 3.62. The zero-order chi connectivity index (χ0) is 10.1. The molecule has 0 aliphatic heterocycles. The van der Waals surface area contributed by atoms with Gasteiger partial charge in [0.1, 0.15) is 5.75 Å². The number of benzene rings is 1. The van der Waals surface area contributed by atoms with E-state index in [1.807, 2.05) is 6.07 Å². The van der Waals surface area contributed by atoms with Crippen molar-refractivity contribution >= 4 is 0 Å². The van der Waals surface area contributed by atoms with Gasteiger partial charge in [-0.3, -0.25) is 0 Å². The van der Waals surface area contributed by atoms with Crippen molar-refractivity contribution in [3.05, 3.63) is 29.3 Å². The van der Waals surface area contributed by atoms with E-state index in [4.69, 9.17) is 10.5 Å². The van der Waals surface area contributed by atoms with E-state index in [9.17, 15) is 0 Å². The smallest absolute Gasteiger partial charge is 0.119 e. The maximum Gasteiger partial charge on any atom is 0.119 e. The molecule has 1 aromatic carbocycles. The molecule has 0 radical (unpaired) electrons. The van der Waals surface area contributed by atoms with E-state index in [1.54, 1.807) is 7.11 Å². The van der Waals surface area contributed by atoms with Gasteiger partial charge in [0.2, 0.25) is 0 Å². The molecule has 1 atom stereocenters.